The van der Waals surface area contributed by atoms with Gasteiger partial charge in [0, 0.05) is 39.5 Å². The summed E-state index contributed by atoms with van der Waals surface area (Å²) in [6.45, 7) is 4.70. The normalized spacial score (nSPS) is 26.7. The van der Waals surface area contributed by atoms with E-state index in [1.54, 1.807) is 6.07 Å². The van der Waals surface area contributed by atoms with Gasteiger partial charge in [-0.15, -0.1) is 5.10 Å². The zero-order chi connectivity index (χ0) is 32.3. The molecule has 232 valence electrons. The number of benzene rings is 2. The first-order valence-electron chi connectivity index (χ1n) is 17.3. The van der Waals surface area contributed by atoms with Gasteiger partial charge in [-0.3, -0.25) is 0 Å². The Hall–Kier alpha value is -3.04. The Morgan fingerprint density at radius 2 is 1.70 bits per heavy atom. The predicted octanol–water partition coefficient (Wildman–Crippen LogP) is 7.09. The van der Waals surface area contributed by atoms with Gasteiger partial charge >= 0.3 is 0 Å². The largest absolute Gasteiger partial charge is 0.491 e. The van der Waals surface area contributed by atoms with Crippen molar-refractivity contribution < 1.29 is 22.4 Å². The molecule has 7 heterocycles. The van der Waals surface area contributed by atoms with E-state index < -0.39 is 24.7 Å². The molecular formula is C34H45F2N5O2. The summed E-state index contributed by atoms with van der Waals surface area (Å²) in [4.78, 5) is 4.52. The fourth-order valence-electron chi connectivity index (χ4n) is 6.62. The van der Waals surface area contributed by atoms with E-state index in [1.807, 2.05) is 19.1 Å². The zero-order valence-electron chi connectivity index (χ0n) is 28.1. The lowest BCUT2D eigenvalue weighted by Crippen LogP contribution is -2.40. The van der Waals surface area contributed by atoms with Crippen LogP contribution in [-0.4, -0.2) is 67.6 Å². The van der Waals surface area contributed by atoms with Gasteiger partial charge in [0.2, 0.25) is 0 Å². The smallest absolute Gasteiger partial charge is 0.276 e. The molecule has 1 atom stereocenters. The summed E-state index contributed by atoms with van der Waals surface area (Å²) in [5, 5.41) is 13.4. The second-order valence-electron chi connectivity index (χ2n) is 12.2. The highest BCUT2D eigenvalue weighted by Crippen LogP contribution is 2.43. The van der Waals surface area contributed by atoms with E-state index in [1.165, 1.54) is 18.2 Å². The van der Waals surface area contributed by atoms with Crippen LogP contribution in [0.3, 0.4) is 0 Å². The van der Waals surface area contributed by atoms with Gasteiger partial charge in [0.15, 0.2) is 5.82 Å². The number of alkyl halides is 2. The Bertz CT molecular complexity index is 1490. The van der Waals surface area contributed by atoms with Gasteiger partial charge < -0.3 is 24.6 Å². The predicted molar refractivity (Wildman–Crippen MR) is 167 cm³/mol. The van der Waals surface area contributed by atoms with Gasteiger partial charge in [0.1, 0.15) is 5.75 Å². The lowest BCUT2D eigenvalue weighted by molar-refractivity contribution is -0.0855. The first-order chi connectivity index (χ1) is 22.1. The van der Waals surface area contributed by atoms with Crippen molar-refractivity contribution in [2.75, 3.05) is 62.8 Å². The quantitative estimate of drug-likeness (QED) is 0.322. The van der Waals surface area contributed by atoms with E-state index in [-0.39, 0.29) is 16.9 Å². The average Bonchev–Trinajstić information content (AvgIpc) is 3.05. The van der Waals surface area contributed by atoms with Crippen LogP contribution in [0, 0.1) is 12.8 Å². The van der Waals surface area contributed by atoms with Gasteiger partial charge in [-0.2, -0.15) is 5.10 Å². The fourth-order valence-corrected chi connectivity index (χ4v) is 6.62. The Morgan fingerprint density at radius 1 is 0.907 bits per heavy atom. The monoisotopic (exact) mass is 596 g/mol. The number of hydrogen-bond donors (Lipinski definition) is 1. The number of anilines is 2. The van der Waals surface area contributed by atoms with Crippen molar-refractivity contribution in [3.63, 3.8) is 0 Å². The molecule has 43 heavy (non-hydrogen) atoms. The van der Waals surface area contributed by atoms with Crippen LogP contribution in [-0.2, 0) is 10.7 Å². The molecule has 1 aromatic heterocycles. The maximum Gasteiger partial charge on any atom is 0.276 e. The molecule has 7 nitrogen and oxygen atoms in total. The number of aromatic nitrogens is 2. The highest BCUT2D eigenvalue weighted by Gasteiger charge is 2.42. The number of nitrogens with zero attached hydrogens (tertiary/aromatic N) is 4. The van der Waals surface area contributed by atoms with Crippen molar-refractivity contribution in [3.05, 3.63) is 53.2 Å². The number of hydrogen-bond acceptors (Lipinski definition) is 7. The van der Waals surface area contributed by atoms with Crippen LogP contribution < -0.4 is 15.0 Å². The molecule has 9 rings (SSSR count). The average molecular weight is 597 g/mol. The molecule has 0 amide bonds. The Morgan fingerprint density at radius 3 is 2.51 bits per heavy atom. The Kier molecular flexibility index (Phi) is 8.16. The molecule has 9 heteroatoms. The van der Waals surface area contributed by atoms with Crippen molar-refractivity contribution in [2.24, 2.45) is 5.92 Å². The van der Waals surface area contributed by atoms with Crippen molar-refractivity contribution >= 4 is 22.3 Å². The molecule has 2 saturated heterocycles. The summed E-state index contributed by atoms with van der Waals surface area (Å²) in [5.41, 5.74) is 1.69. The third-order valence-electron chi connectivity index (χ3n) is 9.26. The molecule has 2 fully saturated rings. The van der Waals surface area contributed by atoms with Crippen molar-refractivity contribution in [1.82, 2.24) is 15.1 Å². The van der Waals surface area contributed by atoms with Gasteiger partial charge in [0.25, 0.3) is 5.92 Å². The summed E-state index contributed by atoms with van der Waals surface area (Å²) >= 11 is 0. The maximum absolute atomic E-state index is 16.0. The fraction of sp³-hybridized carbons (Fsp3) is 0.588. The van der Waals surface area contributed by atoms with Crippen molar-refractivity contribution in [2.45, 2.75) is 70.7 Å². The zero-order valence-corrected chi connectivity index (χ0v) is 25.1. The third kappa shape index (κ3) is 6.73. The van der Waals surface area contributed by atoms with E-state index >= 15 is 8.78 Å². The Labute approximate surface area is 258 Å². The lowest BCUT2D eigenvalue weighted by atomic mass is 9.85. The standard InChI is InChI=1S/C34H45F2N5O2/c1-24-26-9-8-10-28(21-26)34(35,36)27-11-14-40(15-12-27)13-6-4-3-5-7-18-43-32-23-29-25(2)38-39-33(37-24)30(29)22-31(32)41-16-19-42-20-17-41/h8-10,21-24,27H,3-7,11-20H2,1-2H3,(H,37,39)/t24-/m1/s1/i1D3. The summed E-state index contributed by atoms with van der Waals surface area (Å²) in [7, 11) is 0. The minimum Gasteiger partial charge on any atom is -0.491 e. The molecular weight excluding hydrogens is 548 g/mol. The minimum absolute atomic E-state index is 0.144. The van der Waals surface area contributed by atoms with Crippen molar-refractivity contribution in [3.8, 4) is 5.75 Å². The summed E-state index contributed by atoms with van der Waals surface area (Å²) < 4.78 is 69.4. The van der Waals surface area contributed by atoms with E-state index in [2.05, 4.69) is 25.3 Å². The first-order valence-corrected chi connectivity index (χ1v) is 15.8. The van der Waals surface area contributed by atoms with E-state index in [0.717, 1.165) is 55.5 Å². The van der Waals surface area contributed by atoms with Gasteiger partial charge in [0.05, 0.1) is 37.2 Å². The Balaban J connectivity index is 1.42. The SMILES string of the molecule is [2H]C([2H])([2H])[C@H]1Nc2nnc(C)c3cc(c(N4CCOCC4)cc23)OCCCCCCCN2CCC(CC2)C(F)(F)c2cccc1c2. The number of aryl methyl sites for hydroxylation is 1. The molecule has 6 aliphatic rings. The summed E-state index contributed by atoms with van der Waals surface area (Å²) in [6, 6.07) is 8.60. The molecule has 0 saturated carbocycles. The van der Waals surface area contributed by atoms with Crippen LogP contribution in [0.5, 0.6) is 5.75 Å². The summed E-state index contributed by atoms with van der Waals surface area (Å²) in [5.74, 6) is -2.83. The van der Waals surface area contributed by atoms with Crippen LogP contribution >= 0.6 is 0 Å². The number of piperidine rings is 1. The number of morpholine rings is 1. The van der Waals surface area contributed by atoms with E-state index in [4.69, 9.17) is 13.6 Å². The molecule has 3 aromatic rings. The molecule has 1 N–H and O–H groups in total. The molecule has 2 aromatic carbocycles. The van der Waals surface area contributed by atoms with Gasteiger partial charge in [-0.05, 0) is 82.9 Å². The van der Waals surface area contributed by atoms with Crippen LogP contribution in [0.2, 0.25) is 0 Å². The van der Waals surface area contributed by atoms with Gasteiger partial charge in [-0.1, -0.05) is 37.5 Å². The first kappa shape index (κ1) is 26.4. The molecule has 0 radical (unpaired) electrons. The highest BCUT2D eigenvalue weighted by molar-refractivity contribution is 5.97. The molecule has 0 aliphatic carbocycles. The molecule has 0 spiro atoms. The van der Waals surface area contributed by atoms with E-state index in [0.29, 0.717) is 69.9 Å². The van der Waals surface area contributed by atoms with Crippen LogP contribution in [0.4, 0.5) is 20.3 Å². The number of nitrogens with one attached hydrogen (secondary N) is 1. The second-order valence-corrected chi connectivity index (χ2v) is 12.2. The topological polar surface area (TPSA) is 62.8 Å². The third-order valence-corrected chi connectivity index (χ3v) is 9.26. The number of ether oxygens (including phenoxy) is 2. The van der Waals surface area contributed by atoms with Crippen molar-refractivity contribution in [1.29, 1.82) is 0 Å². The minimum atomic E-state index is -3.07. The van der Waals surface area contributed by atoms with Crippen LogP contribution in [0.25, 0.3) is 10.8 Å². The second kappa shape index (κ2) is 13.3. The summed E-state index contributed by atoms with van der Waals surface area (Å²) in [6.07, 6.45) is 6.08. The highest BCUT2D eigenvalue weighted by atomic mass is 19.3. The lowest BCUT2D eigenvalue weighted by Gasteiger charge is -2.36. The maximum atomic E-state index is 16.0. The van der Waals surface area contributed by atoms with E-state index in [9.17, 15) is 0 Å². The molecule has 6 aliphatic heterocycles. The van der Waals surface area contributed by atoms with Crippen LogP contribution in [0.15, 0.2) is 36.4 Å². The van der Waals surface area contributed by atoms with Crippen LogP contribution in [0.1, 0.15) is 78.8 Å². The molecule has 0 unspecified atom stereocenters. The van der Waals surface area contributed by atoms with Gasteiger partial charge in [-0.25, -0.2) is 8.78 Å². The number of rotatable bonds is 1. The number of halogens is 2. The molecule has 8 bridgehead atoms.